The molecule has 0 aliphatic rings. The molecular formula is C21H20F3N5O2. The number of rotatable bonds is 7. The van der Waals surface area contributed by atoms with Crippen LogP contribution in [0, 0.1) is 11.3 Å². The van der Waals surface area contributed by atoms with E-state index in [1.165, 1.54) is 24.1 Å². The second-order valence-corrected chi connectivity index (χ2v) is 6.99. The second kappa shape index (κ2) is 9.06. The normalized spacial score (nSPS) is 12.4. The highest BCUT2D eigenvalue weighted by Gasteiger charge is 2.31. The molecule has 162 valence electrons. The highest BCUT2D eigenvalue weighted by atomic mass is 19.4. The van der Waals surface area contributed by atoms with Crippen LogP contribution in [-0.2, 0) is 17.6 Å². The largest absolute Gasteiger partial charge is 0.416 e. The minimum Gasteiger partial charge on any atom is -0.392 e. The molecule has 2 aromatic carbocycles. The lowest BCUT2D eigenvalue weighted by atomic mass is 10.0. The third-order valence-corrected chi connectivity index (χ3v) is 4.81. The molecule has 0 bridgehead atoms. The molecule has 0 radical (unpaired) electrons. The van der Waals surface area contributed by atoms with Gasteiger partial charge in [0.2, 0.25) is 11.9 Å². The molecule has 1 atom stereocenters. The molecule has 7 nitrogen and oxygen atoms in total. The van der Waals surface area contributed by atoms with Gasteiger partial charge in [-0.3, -0.25) is 4.79 Å². The van der Waals surface area contributed by atoms with Gasteiger partial charge >= 0.3 is 6.18 Å². The molecule has 0 spiro atoms. The number of fused-ring (bicyclic) bond motifs is 1. The zero-order valence-corrected chi connectivity index (χ0v) is 16.6. The van der Waals surface area contributed by atoms with Crippen LogP contribution >= 0.6 is 0 Å². The Morgan fingerprint density at radius 3 is 2.74 bits per heavy atom. The van der Waals surface area contributed by atoms with Gasteiger partial charge in [0.25, 0.3) is 0 Å². The van der Waals surface area contributed by atoms with E-state index in [0.29, 0.717) is 16.6 Å². The average molecular weight is 431 g/mol. The summed E-state index contributed by atoms with van der Waals surface area (Å²) in [6.45, 7) is -0.366. The van der Waals surface area contributed by atoms with Gasteiger partial charge in [-0.1, -0.05) is 24.3 Å². The van der Waals surface area contributed by atoms with Gasteiger partial charge in [0.05, 0.1) is 41.7 Å². The topological polar surface area (TPSA) is 105 Å². The number of halogens is 3. The van der Waals surface area contributed by atoms with Crippen molar-refractivity contribution in [3.8, 4) is 6.07 Å². The number of nitrogens with one attached hydrogen (secondary N) is 2. The summed E-state index contributed by atoms with van der Waals surface area (Å²) in [7, 11) is 1.45. The van der Waals surface area contributed by atoms with Gasteiger partial charge in [0.15, 0.2) is 0 Å². The van der Waals surface area contributed by atoms with Gasteiger partial charge < -0.3 is 20.3 Å². The number of imidazole rings is 1. The monoisotopic (exact) mass is 431 g/mol. The molecule has 0 aliphatic heterocycles. The number of nitrogens with zero attached hydrogens (tertiary/aromatic N) is 3. The molecule has 0 aliphatic carbocycles. The van der Waals surface area contributed by atoms with Gasteiger partial charge in [-0.2, -0.15) is 18.4 Å². The number of carbonyl (C=O) groups excluding carboxylic acids is 1. The van der Waals surface area contributed by atoms with Crippen LogP contribution in [0.15, 0.2) is 42.5 Å². The quantitative estimate of drug-likeness (QED) is 0.496. The van der Waals surface area contributed by atoms with E-state index >= 15 is 0 Å². The molecule has 0 saturated carbocycles. The van der Waals surface area contributed by atoms with Gasteiger partial charge in [0, 0.05) is 12.6 Å². The van der Waals surface area contributed by atoms with Crippen molar-refractivity contribution < 1.29 is 23.1 Å². The molecule has 1 aromatic heterocycles. The van der Waals surface area contributed by atoms with Crippen LogP contribution in [0.25, 0.3) is 11.0 Å². The van der Waals surface area contributed by atoms with E-state index in [2.05, 4.69) is 15.3 Å². The molecule has 1 amide bonds. The summed E-state index contributed by atoms with van der Waals surface area (Å²) in [5.74, 6) is -0.169. The van der Waals surface area contributed by atoms with Gasteiger partial charge in [0.1, 0.15) is 6.54 Å². The van der Waals surface area contributed by atoms with Gasteiger partial charge in [-0.05, 0) is 23.8 Å². The minimum absolute atomic E-state index is 0.140. The number of aromatic nitrogens is 2. The van der Waals surface area contributed by atoms with Crippen LogP contribution in [0.4, 0.5) is 19.1 Å². The predicted molar refractivity (Wildman–Crippen MR) is 108 cm³/mol. The van der Waals surface area contributed by atoms with E-state index in [1.807, 2.05) is 6.07 Å². The highest BCUT2D eigenvalue weighted by Crippen LogP contribution is 2.32. The number of hydrogen-bond acceptors (Lipinski definition) is 5. The summed E-state index contributed by atoms with van der Waals surface area (Å²) in [5.41, 5.74) is 1.15. The van der Waals surface area contributed by atoms with E-state index in [-0.39, 0.29) is 31.1 Å². The first-order chi connectivity index (χ1) is 14.7. The Kier molecular flexibility index (Phi) is 6.46. The first-order valence-corrected chi connectivity index (χ1v) is 9.36. The lowest BCUT2D eigenvalue weighted by molar-refractivity contribution is -0.137. The summed E-state index contributed by atoms with van der Waals surface area (Å²) in [5, 5.41) is 21.3. The number of aliphatic hydroxyl groups excluding tert-OH is 1. The molecule has 3 rings (SSSR count). The maximum atomic E-state index is 13.2. The van der Waals surface area contributed by atoms with Crippen LogP contribution in [0.2, 0.25) is 0 Å². The Morgan fingerprint density at radius 1 is 1.32 bits per heavy atom. The second-order valence-electron chi connectivity index (χ2n) is 6.99. The van der Waals surface area contributed by atoms with Crippen molar-refractivity contribution in [2.75, 3.05) is 18.9 Å². The van der Waals surface area contributed by atoms with E-state index in [4.69, 9.17) is 5.26 Å². The Balaban J connectivity index is 1.96. The summed E-state index contributed by atoms with van der Waals surface area (Å²) >= 11 is 0. The maximum absolute atomic E-state index is 13.2. The molecule has 10 heteroatoms. The number of aromatic amines is 1. The average Bonchev–Trinajstić information content (AvgIpc) is 3.15. The Morgan fingerprint density at radius 2 is 2.06 bits per heavy atom. The van der Waals surface area contributed by atoms with Crippen molar-refractivity contribution in [2.24, 2.45) is 0 Å². The van der Waals surface area contributed by atoms with E-state index in [9.17, 15) is 23.1 Å². The summed E-state index contributed by atoms with van der Waals surface area (Å²) in [6.07, 6.45) is -4.72. The van der Waals surface area contributed by atoms with E-state index in [1.54, 1.807) is 18.2 Å². The third-order valence-electron chi connectivity index (χ3n) is 4.81. The SMILES string of the molecule is CN(CC#N)C(=O)CC(Nc1nc2c(CO)cccc2[nH]1)c1cccc(C(F)(F)F)c1. The Labute approximate surface area is 176 Å². The summed E-state index contributed by atoms with van der Waals surface area (Å²) in [4.78, 5) is 21.1. The molecule has 3 aromatic rings. The number of para-hydroxylation sites is 1. The number of benzene rings is 2. The number of carbonyl (C=O) groups is 1. The number of nitriles is 1. The number of anilines is 1. The zero-order chi connectivity index (χ0) is 22.6. The fourth-order valence-corrected chi connectivity index (χ4v) is 3.16. The fraction of sp³-hybridized carbons (Fsp3) is 0.286. The predicted octanol–water partition coefficient (Wildman–Crippen LogP) is 3.60. The smallest absolute Gasteiger partial charge is 0.392 e. The fourth-order valence-electron chi connectivity index (χ4n) is 3.16. The first-order valence-electron chi connectivity index (χ1n) is 9.36. The zero-order valence-electron chi connectivity index (χ0n) is 16.6. The molecule has 0 fully saturated rings. The lowest BCUT2D eigenvalue weighted by Crippen LogP contribution is -2.30. The molecule has 1 heterocycles. The molecule has 1 unspecified atom stereocenters. The van der Waals surface area contributed by atoms with Gasteiger partial charge in [-0.15, -0.1) is 0 Å². The molecular weight excluding hydrogens is 411 g/mol. The number of amides is 1. The van der Waals surface area contributed by atoms with Crippen LogP contribution in [-0.4, -0.2) is 39.5 Å². The third kappa shape index (κ3) is 5.13. The van der Waals surface area contributed by atoms with Crippen molar-refractivity contribution in [2.45, 2.75) is 25.2 Å². The van der Waals surface area contributed by atoms with Crippen molar-refractivity contribution in [1.29, 1.82) is 5.26 Å². The van der Waals surface area contributed by atoms with Crippen LogP contribution in [0.1, 0.15) is 29.2 Å². The van der Waals surface area contributed by atoms with Gasteiger partial charge in [-0.25, -0.2) is 4.98 Å². The minimum atomic E-state index is -4.53. The Bertz CT molecular complexity index is 1120. The number of aliphatic hydroxyl groups is 1. The first kappa shape index (κ1) is 22.1. The van der Waals surface area contributed by atoms with Crippen LogP contribution < -0.4 is 5.32 Å². The summed E-state index contributed by atoms with van der Waals surface area (Å²) in [6, 6.07) is 10.9. The van der Waals surface area contributed by atoms with Crippen molar-refractivity contribution >= 4 is 22.9 Å². The highest BCUT2D eigenvalue weighted by molar-refractivity contribution is 5.81. The molecule has 0 saturated heterocycles. The number of H-pyrrole nitrogens is 1. The van der Waals surface area contributed by atoms with Crippen molar-refractivity contribution in [3.05, 3.63) is 59.2 Å². The lowest BCUT2D eigenvalue weighted by Gasteiger charge is -2.22. The van der Waals surface area contributed by atoms with Crippen molar-refractivity contribution in [1.82, 2.24) is 14.9 Å². The number of alkyl halides is 3. The van der Waals surface area contributed by atoms with Crippen LogP contribution in [0.3, 0.4) is 0 Å². The van der Waals surface area contributed by atoms with E-state index < -0.39 is 23.7 Å². The summed E-state index contributed by atoms with van der Waals surface area (Å²) < 4.78 is 39.6. The Hall–Kier alpha value is -3.58. The molecule has 31 heavy (non-hydrogen) atoms. The van der Waals surface area contributed by atoms with Crippen molar-refractivity contribution in [3.63, 3.8) is 0 Å². The maximum Gasteiger partial charge on any atom is 0.416 e. The van der Waals surface area contributed by atoms with Crippen LogP contribution in [0.5, 0.6) is 0 Å². The van der Waals surface area contributed by atoms with E-state index in [0.717, 1.165) is 12.1 Å². The number of hydrogen-bond donors (Lipinski definition) is 3. The standard InChI is InChI=1S/C21H20F3N5O2/c1-29(9-8-25)18(31)11-17(13-4-2-6-15(10-13)21(22,23)24)27-20-26-16-7-3-5-14(12-30)19(16)28-20/h2-7,10,17,30H,9,11-12H2,1H3,(H2,26,27,28). The molecule has 3 N–H and O–H groups in total.